The molecule has 0 amide bonds. The van der Waals surface area contributed by atoms with Gasteiger partial charge in [0.2, 0.25) is 0 Å². The number of rotatable bonds is 3. The Labute approximate surface area is 139 Å². The molecule has 1 atom stereocenters. The van der Waals surface area contributed by atoms with Crippen LogP contribution in [0.4, 0.5) is 0 Å². The third-order valence-electron chi connectivity index (χ3n) is 3.75. The standard InChI is InChI=1S/C17H19ClIN/c1-10-7-12(3)14(8-11(10)2)17(20-4)15-9-13(18)5-6-16(15)19/h5-9,17,20H,1-4H3. The van der Waals surface area contributed by atoms with Crippen LogP contribution in [0.5, 0.6) is 0 Å². The third-order valence-corrected chi connectivity index (χ3v) is 4.97. The quantitative estimate of drug-likeness (QED) is 0.701. The Balaban J connectivity index is 2.58. The molecule has 0 aromatic heterocycles. The summed E-state index contributed by atoms with van der Waals surface area (Å²) in [6.07, 6.45) is 0. The highest BCUT2D eigenvalue weighted by Crippen LogP contribution is 2.31. The molecule has 20 heavy (non-hydrogen) atoms. The minimum Gasteiger partial charge on any atom is -0.309 e. The lowest BCUT2D eigenvalue weighted by Gasteiger charge is -2.22. The highest BCUT2D eigenvalue weighted by molar-refractivity contribution is 14.1. The van der Waals surface area contributed by atoms with Gasteiger partial charge in [0.15, 0.2) is 0 Å². The smallest absolute Gasteiger partial charge is 0.0587 e. The van der Waals surface area contributed by atoms with E-state index in [0.717, 1.165) is 5.02 Å². The van der Waals surface area contributed by atoms with Crippen molar-refractivity contribution in [2.75, 3.05) is 7.05 Å². The molecule has 2 aromatic carbocycles. The van der Waals surface area contributed by atoms with E-state index >= 15 is 0 Å². The van der Waals surface area contributed by atoms with E-state index in [0.29, 0.717) is 0 Å². The van der Waals surface area contributed by atoms with Crippen LogP contribution in [0.1, 0.15) is 33.9 Å². The molecular weight excluding hydrogens is 381 g/mol. The van der Waals surface area contributed by atoms with E-state index in [1.54, 1.807) is 0 Å². The molecule has 0 saturated heterocycles. The maximum atomic E-state index is 6.17. The first kappa shape index (κ1) is 15.8. The molecule has 0 saturated carbocycles. The third kappa shape index (κ3) is 3.18. The molecule has 0 fully saturated rings. The Bertz CT molecular complexity index is 637. The second kappa shape index (κ2) is 6.46. The fourth-order valence-corrected chi connectivity index (χ4v) is 3.34. The maximum absolute atomic E-state index is 6.17. The number of hydrogen-bond donors (Lipinski definition) is 1. The van der Waals surface area contributed by atoms with Crippen molar-refractivity contribution in [3.63, 3.8) is 0 Å². The highest BCUT2D eigenvalue weighted by atomic mass is 127. The van der Waals surface area contributed by atoms with Gasteiger partial charge in [0.05, 0.1) is 6.04 Å². The predicted octanol–water partition coefficient (Wildman–Crippen LogP) is 5.18. The number of hydrogen-bond acceptors (Lipinski definition) is 1. The molecule has 0 aliphatic carbocycles. The molecule has 2 rings (SSSR count). The van der Waals surface area contributed by atoms with Gasteiger partial charge in [0.1, 0.15) is 0 Å². The van der Waals surface area contributed by atoms with Crippen LogP contribution in [-0.4, -0.2) is 7.05 Å². The maximum Gasteiger partial charge on any atom is 0.0587 e. The van der Waals surface area contributed by atoms with E-state index in [1.165, 1.54) is 31.4 Å². The Morgan fingerprint density at radius 2 is 1.60 bits per heavy atom. The first-order valence-corrected chi connectivity index (χ1v) is 8.09. The lowest BCUT2D eigenvalue weighted by Crippen LogP contribution is -2.20. The lowest BCUT2D eigenvalue weighted by molar-refractivity contribution is 0.683. The van der Waals surface area contributed by atoms with Crippen LogP contribution in [0.2, 0.25) is 5.02 Å². The van der Waals surface area contributed by atoms with Crippen LogP contribution < -0.4 is 5.32 Å². The van der Waals surface area contributed by atoms with Gasteiger partial charge in [0.25, 0.3) is 0 Å². The minimum atomic E-state index is 0.167. The molecule has 0 radical (unpaired) electrons. The lowest BCUT2D eigenvalue weighted by atomic mass is 9.92. The number of benzene rings is 2. The fourth-order valence-electron chi connectivity index (χ4n) is 2.51. The summed E-state index contributed by atoms with van der Waals surface area (Å²) in [6.45, 7) is 6.49. The average Bonchev–Trinajstić information content (AvgIpc) is 2.40. The van der Waals surface area contributed by atoms with Crippen molar-refractivity contribution in [3.05, 3.63) is 66.7 Å². The Hall–Kier alpha value is -0.580. The van der Waals surface area contributed by atoms with Crippen molar-refractivity contribution >= 4 is 34.2 Å². The van der Waals surface area contributed by atoms with Crippen LogP contribution in [0, 0.1) is 24.3 Å². The molecule has 0 bridgehead atoms. The van der Waals surface area contributed by atoms with Gasteiger partial charge < -0.3 is 5.32 Å². The largest absolute Gasteiger partial charge is 0.309 e. The molecule has 0 spiro atoms. The van der Waals surface area contributed by atoms with Gasteiger partial charge in [0, 0.05) is 8.59 Å². The van der Waals surface area contributed by atoms with Crippen LogP contribution in [0.25, 0.3) is 0 Å². The van der Waals surface area contributed by atoms with Crippen LogP contribution in [0.3, 0.4) is 0 Å². The molecule has 1 N–H and O–H groups in total. The van der Waals surface area contributed by atoms with Crippen molar-refractivity contribution in [3.8, 4) is 0 Å². The molecule has 106 valence electrons. The number of aryl methyl sites for hydroxylation is 3. The van der Waals surface area contributed by atoms with E-state index < -0.39 is 0 Å². The van der Waals surface area contributed by atoms with Gasteiger partial charge in [-0.05, 0) is 96.4 Å². The summed E-state index contributed by atoms with van der Waals surface area (Å²) < 4.78 is 1.23. The van der Waals surface area contributed by atoms with Gasteiger partial charge in [-0.25, -0.2) is 0 Å². The molecule has 3 heteroatoms. The van der Waals surface area contributed by atoms with Gasteiger partial charge >= 0.3 is 0 Å². The molecule has 1 unspecified atom stereocenters. The summed E-state index contributed by atoms with van der Waals surface area (Å²) in [7, 11) is 2.00. The second-order valence-electron chi connectivity index (χ2n) is 5.18. The summed E-state index contributed by atoms with van der Waals surface area (Å²) in [5, 5.41) is 4.21. The zero-order valence-corrected chi connectivity index (χ0v) is 15.1. The van der Waals surface area contributed by atoms with E-state index in [-0.39, 0.29) is 6.04 Å². The van der Waals surface area contributed by atoms with Gasteiger partial charge in [-0.1, -0.05) is 23.7 Å². The first-order chi connectivity index (χ1) is 9.43. The van der Waals surface area contributed by atoms with Crippen molar-refractivity contribution < 1.29 is 0 Å². The Morgan fingerprint density at radius 3 is 2.25 bits per heavy atom. The SMILES string of the molecule is CNC(c1cc(C)c(C)cc1C)c1cc(Cl)ccc1I. The zero-order valence-electron chi connectivity index (χ0n) is 12.2. The van der Waals surface area contributed by atoms with E-state index in [2.05, 4.69) is 72.9 Å². The molecular formula is C17H19ClIN. The molecule has 0 heterocycles. The summed E-state index contributed by atoms with van der Waals surface area (Å²) in [6, 6.07) is 10.8. The normalized spacial score (nSPS) is 12.5. The van der Waals surface area contributed by atoms with Crippen LogP contribution in [-0.2, 0) is 0 Å². The Morgan fingerprint density at radius 1 is 0.950 bits per heavy atom. The summed E-state index contributed by atoms with van der Waals surface area (Å²) in [4.78, 5) is 0. The minimum absolute atomic E-state index is 0.167. The topological polar surface area (TPSA) is 12.0 Å². The summed E-state index contributed by atoms with van der Waals surface area (Å²) in [5.74, 6) is 0. The number of nitrogens with one attached hydrogen (secondary N) is 1. The molecule has 0 aliphatic heterocycles. The van der Waals surface area contributed by atoms with E-state index in [9.17, 15) is 0 Å². The van der Waals surface area contributed by atoms with Gasteiger partial charge in [-0.3, -0.25) is 0 Å². The van der Waals surface area contributed by atoms with Gasteiger partial charge in [-0.2, -0.15) is 0 Å². The molecule has 1 nitrogen and oxygen atoms in total. The first-order valence-electron chi connectivity index (χ1n) is 6.64. The van der Waals surface area contributed by atoms with Crippen molar-refractivity contribution in [1.82, 2.24) is 5.32 Å². The van der Waals surface area contributed by atoms with Crippen molar-refractivity contribution in [2.24, 2.45) is 0 Å². The van der Waals surface area contributed by atoms with E-state index in [4.69, 9.17) is 11.6 Å². The monoisotopic (exact) mass is 399 g/mol. The van der Waals surface area contributed by atoms with Crippen LogP contribution >= 0.6 is 34.2 Å². The predicted molar refractivity (Wildman–Crippen MR) is 95.7 cm³/mol. The number of halogens is 2. The van der Waals surface area contributed by atoms with Crippen molar-refractivity contribution in [1.29, 1.82) is 0 Å². The Kier molecular flexibility index (Phi) is 5.10. The zero-order chi connectivity index (χ0) is 14.9. The highest BCUT2D eigenvalue weighted by Gasteiger charge is 2.18. The summed E-state index contributed by atoms with van der Waals surface area (Å²) in [5.41, 5.74) is 6.51. The van der Waals surface area contributed by atoms with E-state index in [1.807, 2.05) is 13.1 Å². The molecule has 2 aromatic rings. The van der Waals surface area contributed by atoms with Crippen LogP contribution in [0.15, 0.2) is 30.3 Å². The second-order valence-corrected chi connectivity index (χ2v) is 6.78. The average molecular weight is 400 g/mol. The summed E-state index contributed by atoms with van der Waals surface area (Å²) >= 11 is 8.54. The van der Waals surface area contributed by atoms with Gasteiger partial charge in [-0.15, -0.1) is 0 Å². The van der Waals surface area contributed by atoms with Crippen molar-refractivity contribution in [2.45, 2.75) is 26.8 Å². The fraction of sp³-hybridized carbons (Fsp3) is 0.294. The molecule has 0 aliphatic rings.